The summed E-state index contributed by atoms with van der Waals surface area (Å²) in [5.74, 6) is 1.19. The lowest BCUT2D eigenvalue weighted by atomic mass is 10.0. The van der Waals surface area contributed by atoms with E-state index in [9.17, 15) is 4.79 Å². The molecule has 0 aliphatic carbocycles. The van der Waals surface area contributed by atoms with E-state index in [0.717, 1.165) is 17.7 Å². The molecular weight excluding hydrogens is 228 g/mol. The molecule has 0 bridgehead atoms. The van der Waals surface area contributed by atoms with E-state index in [0.29, 0.717) is 11.4 Å². The summed E-state index contributed by atoms with van der Waals surface area (Å²) >= 11 is 0. The molecule has 2 aromatic rings. The Bertz CT molecular complexity index is 573. The first-order chi connectivity index (χ1) is 8.67. The van der Waals surface area contributed by atoms with Crippen LogP contribution in [-0.2, 0) is 13.5 Å². The van der Waals surface area contributed by atoms with Crippen molar-refractivity contribution in [3.63, 3.8) is 0 Å². The van der Waals surface area contributed by atoms with Crippen LogP contribution < -0.4 is 4.74 Å². The third-order valence-corrected chi connectivity index (χ3v) is 2.95. The SMILES string of the molecule is CCc1cc(C(=O)c2nccn2C)ccc1OC. The molecule has 94 valence electrons. The van der Waals surface area contributed by atoms with Crippen LogP contribution in [0.15, 0.2) is 30.6 Å². The number of rotatable bonds is 4. The maximum atomic E-state index is 12.3. The number of hydrogen-bond acceptors (Lipinski definition) is 3. The maximum Gasteiger partial charge on any atom is 0.228 e. The summed E-state index contributed by atoms with van der Waals surface area (Å²) < 4.78 is 6.97. The third-order valence-electron chi connectivity index (χ3n) is 2.95. The van der Waals surface area contributed by atoms with Gasteiger partial charge in [-0.1, -0.05) is 6.92 Å². The molecule has 0 spiro atoms. The predicted molar refractivity (Wildman–Crippen MR) is 69.0 cm³/mol. The number of carbonyl (C=O) groups excluding carboxylic acids is 1. The van der Waals surface area contributed by atoms with Crippen molar-refractivity contribution < 1.29 is 9.53 Å². The molecule has 1 aromatic carbocycles. The van der Waals surface area contributed by atoms with Crippen molar-refractivity contribution in [3.8, 4) is 5.75 Å². The number of carbonyl (C=O) groups is 1. The number of benzene rings is 1. The fourth-order valence-corrected chi connectivity index (χ4v) is 1.91. The maximum absolute atomic E-state index is 12.3. The predicted octanol–water partition coefficient (Wildman–Crippen LogP) is 2.22. The van der Waals surface area contributed by atoms with Crippen LogP contribution in [0.1, 0.15) is 28.7 Å². The largest absolute Gasteiger partial charge is 0.496 e. The van der Waals surface area contributed by atoms with E-state index in [4.69, 9.17) is 4.74 Å². The van der Waals surface area contributed by atoms with Crippen LogP contribution in [0.5, 0.6) is 5.75 Å². The van der Waals surface area contributed by atoms with Crippen LogP contribution in [0.4, 0.5) is 0 Å². The number of ketones is 1. The fourth-order valence-electron chi connectivity index (χ4n) is 1.91. The second kappa shape index (κ2) is 5.04. The Labute approximate surface area is 106 Å². The van der Waals surface area contributed by atoms with Gasteiger partial charge in [0.15, 0.2) is 5.82 Å². The van der Waals surface area contributed by atoms with E-state index in [1.807, 2.05) is 26.1 Å². The zero-order valence-corrected chi connectivity index (χ0v) is 10.8. The zero-order valence-electron chi connectivity index (χ0n) is 10.8. The lowest BCUT2D eigenvalue weighted by molar-refractivity contribution is 0.102. The standard InChI is InChI=1S/C14H16N2O2/c1-4-10-9-11(5-6-12(10)18-3)13(17)14-15-7-8-16(14)2/h5-9H,4H2,1-3H3. The van der Waals surface area contributed by atoms with Gasteiger partial charge in [-0.25, -0.2) is 4.98 Å². The molecule has 0 fully saturated rings. The highest BCUT2D eigenvalue weighted by Gasteiger charge is 2.15. The number of imidazole rings is 1. The second-order valence-corrected chi connectivity index (χ2v) is 4.07. The van der Waals surface area contributed by atoms with Crippen molar-refractivity contribution in [1.82, 2.24) is 9.55 Å². The smallest absolute Gasteiger partial charge is 0.228 e. The van der Waals surface area contributed by atoms with Gasteiger partial charge in [0.1, 0.15) is 5.75 Å². The summed E-state index contributed by atoms with van der Waals surface area (Å²) in [6, 6.07) is 5.47. The molecule has 0 saturated carbocycles. The molecule has 0 radical (unpaired) electrons. The summed E-state index contributed by atoms with van der Waals surface area (Å²) in [5, 5.41) is 0. The summed E-state index contributed by atoms with van der Waals surface area (Å²) in [5.41, 5.74) is 1.67. The molecule has 0 amide bonds. The molecule has 18 heavy (non-hydrogen) atoms. The van der Waals surface area contributed by atoms with Crippen molar-refractivity contribution in [1.29, 1.82) is 0 Å². The first-order valence-electron chi connectivity index (χ1n) is 5.86. The van der Waals surface area contributed by atoms with Crippen LogP contribution in [0, 0.1) is 0 Å². The van der Waals surface area contributed by atoms with E-state index >= 15 is 0 Å². The summed E-state index contributed by atoms with van der Waals surface area (Å²) in [6.45, 7) is 2.03. The highest BCUT2D eigenvalue weighted by atomic mass is 16.5. The van der Waals surface area contributed by atoms with Crippen LogP contribution >= 0.6 is 0 Å². The Morgan fingerprint density at radius 2 is 2.22 bits per heavy atom. The van der Waals surface area contributed by atoms with Crippen molar-refractivity contribution in [2.45, 2.75) is 13.3 Å². The van der Waals surface area contributed by atoms with E-state index < -0.39 is 0 Å². The van der Waals surface area contributed by atoms with Gasteiger partial charge in [-0.2, -0.15) is 0 Å². The minimum Gasteiger partial charge on any atom is -0.496 e. The Balaban J connectivity index is 2.40. The van der Waals surface area contributed by atoms with Gasteiger partial charge in [-0.05, 0) is 30.2 Å². The topological polar surface area (TPSA) is 44.1 Å². The minimum atomic E-state index is -0.0696. The zero-order chi connectivity index (χ0) is 13.1. The van der Waals surface area contributed by atoms with Gasteiger partial charge in [0.25, 0.3) is 0 Å². The molecule has 0 aliphatic rings. The number of aryl methyl sites for hydroxylation is 2. The summed E-state index contributed by atoms with van der Waals surface area (Å²) in [6.07, 6.45) is 4.21. The van der Waals surface area contributed by atoms with Gasteiger partial charge in [0.05, 0.1) is 7.11 Å². The summed E-state index contributed by atoms with van der Waals surface area (Å²) in [4.78, 5) is 16.3. The van der Waals surface area contributed by atoms with Crippen LogP contribution in [0.2, 0.25) is 0 Å². The molecule has 4 nitrogen and oxygen atoms in total. The van der Waals surface area contributed by atoms with Crippen molar-refractivity contribution in [2.24, 2.45) is 7.05 Å². The van der Waals surface area contributed by atoms with Gasteiger partial charge in [0, 0.05) is 25.0 Å². The molecule has 0 unspecified atom stereocenters. The van der Waals surface area contributed by atoms with Gasteiger partial charge in [-0.15, -0.1) is 0 Å². The second-order valence-electron chi connectivity index (χ2n) is 4.07. The van der Waals surface area contributed by atoms with E-state index in [2.05, 4.69) is 4.98 Å². The minimum absolute atomic E-state index is 0.0696. The Kier molecular flexibility index (Phi) is 3.46. The molecule has 0 atom stereocenters. The van der Waals surface area contributed by atoms with E-state index in [1.54, 1.807) is 30.1 Å². The average Bonchev–Trinajstić information content (AvgIpc) is 2.83. The van der Waals surface area contributed by atoms with Gasteiger partial charge >= 0.3 is 0 Å². The third kappa shape index (κ3) is 2.14. The Hall–Kier alpha value is -2.10. The van der Waals surface area contributed by atoms with Gasteiger partial charge in [-0.3, -0.25) is 4.79 Å². The van der Waals surface area contributed by atoms with Gasteiger partial charge < -0.3 is 9.30 Å². The molecule has 0 saturated heterocycles. The van der Waals surface area contributed by atoms with E-state index in [1.165, 1.54) is 0 Å². The first-order valence-corrected chi connectivity index (χ1v) is 5.86. The number of hydrogen-bond donors (Lipinski definition) is 0. The summed E-state index contributed by atoms with van der Waals surface area (Å²) in [7, 11) is 3.44. The quantitative estimate of drug-likeness (QED) is 0.775. The number of ether oxygens (including phenoxy) is 1. The lowest BCUT2D eigenvalue weighted by Gasteiger charge is -2.08. The monoisotopic (exact) mass is 244 g/mol. The van der Waals surface area contributed by atoms with Gasteiger partial charge in [0.2, 0.25) is 5.78 Å². The fraction of sp³-hybridized carbons (Fsp3) is 0.286. The molecule has 0 aliphatic heterocycles. The van der Waals surface area contributed by atoms with Crippen molar-refractivity contribution in [3.05, 3.63) is 47.5 Å². The average molecular weight is 244 g/mol. The molecule has 0 N–H and O–H groups in total. The van der Waals surface area contributed by atoms with Crippen molar-refractivity contribution >= 4 is 5.78 Å². The molecular formula is C14H16N2O2. The lowest BCUT2D eigenvalue weighted by Crippen LogP contribution is -2.09. The first kappa shape index (κ1) is 12.4. The Morgan fingerprint density at radius 3 is 2.78 bits per heavy atom. The highest BCUT2D eigenvalue weighted by molar-refractivity contribution is 6.06. The number of nitrogens with zero attached hydrogens (tertiary/aromatic N) is 2. The van der Waals surface area contributed by atoms with Crippen molar-refractivity contribution in [2.75, 3.05) is 7.11 Å². The molecule has 1 heterocycles. The molecule has 1 aromatic heterocycles. The number of methoxy groups -OCH3 is 1. The van der Waals surface area contributed by atoms with Crippen LogP contribution in [0.3, 0.4) is 0 Å². The highest BCUT2D eigenvalue weighted by Crippen LogP contribution is 2.21. The number of aromatic nitrogens is 2. The van der Waals surface area contributed by atoms with E-state index in [-0.39, 0.29) is 5.78 Å². The normalized spacial score (nSPS) is 10.4. The molecule has 2 rings (SSSR count). The van der Waals surface area contributed by atoms with Crippen LogP contribution in [-0.4, -0.2) is 22.4 Å². The van der Waals surface area contributed by atoms with Crippen LogP contribution in [0.25, 0.3) is 0 Å². The Morgan fingerprint density at radius 1 is 1.44 bits per heavy atom. The molecule has 4 heteroatoms.